The minimum atomic E-state index is -3.67. The van der Waals surface area contributed by atoms with Gasteiger partial charge in [-0.15, -0.1) is 0 Å². The normalized spacial score (nSPS) is 11.7. The molecule has 0 saturated heterocycles. The van der Waals surface area contributed by atoms with Gasteiger partial charge in [-0.2, -0.15) is 0 Å². The Balaban J connectivity index is 1.90. The van der Waals surface area contributed by atoms with E-state index in [0.29, 0.717) is 5.75 Å². The second-order valence-electron chi connectivity index (χ2n) is 4.40. The molecule has 0 fully saturated rings. The van der Waals surface area contributed by atoms with Crippen molar-refractivity contribution in [3.05, 3.63) is 32.5 Å². The zero-order chi connectivity index (χ0) is 16.9. The molecule has 0 saturated carbocycles. The van der Waals surface area contributed by atoms with Crippen molar-refractivity contribution in [1.29, 1.82) is 0 Å². The first-order chi connectivity index (χ1) is 10.9. The van der Waals surface area contributed by atoms with Gasteiger partial charge in [-0.1, -0.05) is 0 Å². The van der Waals surface area contributed by atoms with E-state index in [0.717, 1.165) is 14.0 Å². The van der Waals surface area contributed by atoms with E-state index < -0.39 is 10.1 Å². The van der Waals surface area contributed by atoms with Crippen molar-refractivity contribution in [1.82, 2.24) is 0 Å². The summed E-state index contributed by atoms with van der Waals surface area (Å²) < 4.78 is 32.9. The van der Waals surface area contributed by atoms with Gasteiger partial charge in [0.25, 0.3) is 0 Å². The fraction of sp³-hybridized carbons (Fsp3) is 0.357. The molecule has 0 radical (unpaired) electrons. The van der Waals surface area contributed by atoms with Gasteiger partial charge in [0.05, 0.1) is 0 Å². The van der Waals surface area contributed by atoms with Crippen molar-refractivity contribution < 1.29 is 12.6 Å². The first kappa shape index (κ1) is 19.7. The van der Waals surface area contributed by atoms with Crippen molar-refractivity contribution >= 4 is 71.7 Å². The summed E-state index contributed by atoms with van der Waals surface area (Å²) in [6, 6.07) is 6.68. The summed E-state index contributed by atoms with van der Waals surface area (Å²) in [4.78, 5) is 0.203. The first-order valence-electron chi connectivity index (χ1n) is 6.78. The maximum atomic E-state index is 12.1. The Kier molecular flexibility index (Phi) is 7.88. The number of aryl methyl sites for hydroxylation is 1. The zero-order valence-corrected chi connectivity index (χ0v) is 18.4. The van der Waals surface area contributed by atoms with Crippen LogP contribution in [0.1, 0.15) is 12.5 Å². The van der Waals surface area contributed by atoms with E-state index >= 15 is 0 Å². The SMILES string of the molecule is CCSc1[se]c(=S)sc1SCCOS(=O)(=O)c1ccc(C)cc1. The standard InChI is InChI=1S/C14H16O3S5Se/c1-3-19-13-12(21-14(18)23-13)20-9-8-17-22(15,16)11-6-4-10(2)5-7-11/h4-7H,3,8-9H2,1-2H3. The van der Waals surface area contributed by atoms with E-state index in [4.69, 9.17) is 16.4 Å². The third kappa shape index (κ3) is 6.00. The molecule has 2 rings (SSSR count). The van der Waals surface area contributed by atoms with Gasteiger partial charge in [0.2, 0.25) is 0 Å². The molecule has 0 aliphatic carbocycles. The Morgan fingerprint density at radius 2 is 1.96 bits per heavy atom. The summed E-state index contributed by atoms with van der Waals surface area (Å²) in [5.74, 6) is 1.63. The van der Waals surface area contributed by atoms with Gasteiger partial charge >= 0.3 is 162 Å². The fourth-order valence-electron chi connectivity index (χ4n) is 1.61. The van der Waals surface area contributed by atoms with Crippen LogP contribution in [0.4, 0.5) is 0 Å². The third-order valence-electron chi connectivity index (χ3n) is 2.66. The van der Waals surface area contributed by atoms with E-state index in [9.17, 15) is 8.42 Å². The monoisotopic (exact) mass is 472 g/mol. The topological polar surface area (TPSA) is 43.4 Å². The van der Waals surface area contributed by atoms with E-state index in [-0.39, 0.29) is 26.0 Å². The second kappa shape index (κ2) is 9.20. The van der Waals surface area contributed by atoms with Crippen molar-refractivity contribution in [3.63, 3.8) is 0 Å². The summed E-state index contributed by atoms with van der Waals surface area (Å²) >= 11 is 10.7. The molecule has 9 heteroatoms. The zero-order valence-electron chi connectivity index (χ0n) is 12.6. The molecule has 1 heterocycles. The molecule has 0 unspecified atom stereocenters. The Labute approximate surface area is 160 Å². The number of benzene rings is 1. The Morgan fingerprint density at radius 1 is 1.26 bits per heavy atom. The van der Waals surface area contributed by atoms with E-state index in [1.807, 2.05) is 18.7 Å². The van der Waals surface area contributed by atoms with Crippen LogP contribution in [0.3, 0.4) is 0 Å². The maximum absolute atomic E-state index is 12.1. The van der Waals surface area contributed by atoms with Crippen LogP contribution in [0.5, 0.6) is 0 Å². The number of hydrogen-bond donors (Lipinski definition) is 0. The van der Waals surface area contributed by atoms with Crippen LogP contribution in [0.25, 0.3) is 0 Å². The van der Waals surface area contributed by atoms with Crippen LogP contribution < -0.4 is 0 Å². The van der Waals surface area contributed by atoms with Crippen LogP contribution in [0.2, 0.25) is 0 Å². The Morgan fingerprint density at radius 3 is 2.61 bits per heavy atom. The number of rotatable bonds is 8. The van der Waals surface area contributed by atoms with Gasteiger partial charge in [0, 0.05) is 0 Å². The molecular weight excluding hydrogens is 455 g/mol. The van der Waals surface area contributed by atoms with Gasteiger partial charge < -0.3 is 0 Å². The number of thioether (sulfide) groups is 2. The minimum absolute atomic E-state index is 0.161. The van der Waals surface area contributed by atoms with Crippen LogP contribution in [-0.4, -0.2) is 41.0 Å². The molecule has 23 heavy (non-hydrogen) atoms. The van der Waals surface area contributed by atoms with Crippen LogP contribution in [0.15, 0.2) is 37.1 Å². The molecule has 0 spiro atoms. The predicted octanol–water partition coefficient (Wildman–Crippen LogP) is 4.45. The Bertz CT molecular complexity index is 793. The molecule has 0 amide bonds. The van der Waals surface area contributed by atoms with Crippen molar-refractivity contribution in [3.8, 4) is 0 Å². The number of hydrogen-bond acceptors (Lipinski definition) is 7. The molecule has 0 aliphatic heterocycles. The van der Waals surface area contributed by atoms with Crippen LogP contribution in [-0.2, 0) is 14.3 Å². The summed E-state index contributed by atoms with van der Waals surface area (Å²) in [6.45, 7) is 4.20. The first-order valence-corrected chi connectivity index (χ1v) is 13.1. The average Bonchev–Trinajstić information content (AvgIpc) is 2.84. The molecule has 0 bridgehead atoms. The summed E-state index contributed by atoms with van der Waals surface area (Å²) in [7, 11) is -3.67. The quantitative estimate of drug-likeness (QED) is 0.186. The molecule has 2 aromatic rings. The molecular formula is C14H16O3S5Se. The van der Waals surface area contributed by atoms with E-state index in [1.165, 1.54) is 7.98 Å². The molecule has 3 nitrogen and oxygen atoms in total. The fourth-order valence-corrected chi connectivity index (χ4v) is 11.3. The second-order valence-corrected chi connectivity index (χ2v) is 14.2. The molecule has 1 aromatic heterocycles. The van der Waals surface area contributed by atoms with Crippen molar-refractivity contribution in [2.45, 2.75) is 26.7 Å². The summed E-state index contributed by atoms with van der Waals surface area (Å²) in [5.41, 5.74) is 1.02. The molecule has 126 valence electrons. The van der Waals surface area contributed by atoms with Crippen molar-refractivity contribution in [2.75, 3.05) is 18.1 Å². The van der Waals surface area contributed by atoms with E-state index in [1.54, 1.807) is 47.4 Å². The van der Waals surface area contributed by atoms with Gasteiger partial charge in [-0.3, -0.25) is 0 Å². The molecule has 1 aromatic carbocycles. The molecule has 0 atom stereocenters. The summed E-state index contributed by atoms with van der Waals surface area (Å²) in [6.07, 6.45) is 0. The van der Waals surface area contributed by atoms with Gasteiger partial charge in [0.1, 0.15) is 0 Å². The van der Waals surface area contributed by atoms with E-state index in [2.05, 4.69) is 6.92 Å². The van der Waals surface area contributed by atoms with Gasteiger partial charge in [0.15, 0.2) is 0 Å². The van der Waals surface area contributed by atoms with Gasteiger partial charge in [-0.25, -0.2) is 0 Å². The van der Waals surface area contributed by atoms with Gasteiger partial charge in [-0.05, 0) is 0 Å². The van der Waals surface area contributed by atoms with Crippen LogP contribution in [0, 0.1) is 9.62 Å². The Hall–Kier alpha value is 0.399. The summed E-state index contributed by atoms with van der Waals surface area (Å²) in [5, 5.41) is 0. The molecule has 0 aliphatic rings. The average molecular weight is 472 g/mol. The predicted molar refractivity (Wildman–Crippen MR) is 104 cm³/mol. The third-order valence-corrected chi connectivity index (χ3v) is 11.6. The van der Waals surface area contributed by atoms with Crippen molar-refractivity contribution in [2.24, 2.45) is 0 Å². The van der Waals surface area contributed by atoms with Crippen LogP contribution >= 0.6 is 47.1 Å². The molecule has 0 N–H and O–H groups in total.